The highest BCUT2D eigenvalue weighted by Gasteiger charge is 2.29. The van der Waals surface area contributed by atoms with Gasteiger partial charge in [0.25, 0.3) is 0 Å². The summed E-state index contributed by atoms with van der Waals surface area (Å²) in [4.78, 5) is 13.8. The maximum Gasteiger partial charge on any atom is 0.246 e. The van der Waals surface area contributed by atoms with Crippen molar-refractivity contribution in [1.82, 2.24) is 9.21 Å². The molecule has 1 amide bonds. The summed E-state index contributed by atoms with van der Waals surface area (Å²) in [5, 5.41) is 0.320. The van der Waals surface area contributed by atoms with Crippen LogP contribution in [0.2, 0.25) is 5.02 Å². The largest absolute Gasteiger partial charge is 0.337 e. The average Bonchev–Trinajstić information content (AvgIpc) is 2.67. The highest BCUT2D eigenvalue weighted by molar-refractivity contribution is 7.89. The van der Waals surface area contributed by atoms with Gasteiger partial charge in [-0.3, -0.25) is 4.79 Å². The molecule has 3 rings (SSSR count). The van der Waals surface area contributed by atoms with E-state index in [4.69, 9.17) is 11.6 Å². The fraction of sp³-hybridized carbons (Fsp3) is 0.211. The highest BCUT2D eigenvalue weighted by atomic mass is 35.5. The lowest BCUT2D eigenvalue weighted by Crippen LogP contribution is -2.50. The van der Waals surface area contributed by atoms with Crippen LogP contribution in [0.3, 0.4) is 0 Å². The van der Waals surface area contributed by atoms with Gasteiger partial charge >= 0.3 is 0 Å². The van der Waals surface area contributed by atoms with Crippen molar-refractivity contribution in [3.05, 3.63) is 70.8 Å². The SMILES string of the molecule is O=C(/C=C/c1c(F)cccc1F)N1CCN(S(=O)(=O)c2cccc(Cl)c2)CC1. The summed E-state index contributed by atoms with van der Waals surface area (Å²) in [6.07, 6.45) is 2.17. The molecule has 1 fully saturated rings. The number of sulfonamides is 1. The Balaban J connectivity index is 1.65. The van der Waals surface area contributed by atoms with Gasteiger partial charge in [-0.05, 0) is 36.4 Å². The topological polar surface area (TPSA) is 57.7 Å². The molecule has 2 aromatic rings. The number of rotatable bonds is 4. The number of benzene rings is 2. The van der Waals surface area contributed by atoms with Crippen molar-refractivity contribution in [2.75, 3.05) is 26.2 Å². The Morgan fingerprint density at radius 2 is 1.61 bits per heavy atom. The standard InChI is InChI=1S/C19H17ClF2N2O3S/c20-14-3-1-4-15(13-14)28(26,27)24-11-9-23(10-12-24)19(25)8-7-16-17(21)5-2-6-18(16)22/h1-8,13H,9-12H2/b8-7+. The molecule has 0 atom stereocenters. The van der Waals surface area contributed by atoms with Gasteiger partial charge in [0.1, 0.15) is 11.6 Å². The predicted molar refractivity (Wildman–Crippen MR) is 102 cm³/mol. The molecule has 148 valence electrons. The second-order valence-electron chi connectivity index (χ2n) is 6.16. The molecule has 0 bridgehead atoms. The van der Waals surface area contributed by atoms with Crippen LogP contribution in [-0.2, 0) is 14.8 Å². The van der Waals surface area contributed by atoms with Crippen molar-refractivity contribution < 1.29 is 22.0 Å². The maximum absolute atomic E-state index is 13.6. The Morgan fingerprint density at radius 3 is 2.21 bits per heavy atom. The Bertz CT molecular complexity index is 999. The molecule has 1 aliphatic heterocycles. The molecular formula is C19H17ClF2N2O3S. The fourth-order valence-corrected chi connectivity index (χ4v) is 4.58. The first-order chi connectivity index (χ1) is 13.3. The summed E-state index contributed by atoms with van der Waals surface area (Å²) in [5.41, 5.74) is -0.293. The van der Waals surface area contributed by atoms with Gasteiger partial charge in [0, 0.05) is 42.8 Å². The molecule has 1 heterocycles. The van der Waals surface area contributed by atoms with Crippen LogP contribution in [0.5, 0.6) is 0 Å². The van der Waals surface area contributed by atoms with E-state index < -0.39 is 27.6 Å². The van der Waals surface area contributed by atoms with E-state index in [1.54, 1.807) is 12.1 Å². The molecule has 1 saturated heterocycles. The van der Waals surface area contributed by atoms with E-state index >= 15 is 0 Å². The van der Waals surface area contributed by atoms with Crippen LogP contribution in [-0.4, -0.2) is 49.7 Å². The quantitative estimate of drug-likeness (QED) is 0.706. The Labute approximate surface area is 166 Å². The van der Waals surface area contributed by atoms with E-state index in [2.05, 4.69) is 0 Å². The molecule has 1 aliphatic rings. The van der Waals surface area contributed by atoms with Gasteiger partial charge < -0.3 is 4.90 Å². The minimum atomic E-state index is -3.71. The van der Waals surface area contributed by atoms with Crippen molar-refractivity contribution >= 4 is 33.6 Å². The van der Waals surface area contributed by atoms with Gasteiger partial charge in [0.2, 0.25) is 15.9 Å². The Kier molecular flexibility index (Phi) is 6.12. The van der Waals surface area contributed by atoms with Crippen LogP contribution in [0.1, 0.15) is 5.56 Å². The number of nitrogens with zero attached hydrogens (tertiary/aromatic N) is 2. The van der Waals surface area contributed by atoms with E-state index in [-0.39, 0.29) is 36.6 Å². The summed E-state index contributed by atoms with van der Waals surface area (Å²) < 4.78 is 53.8. The second kappa shape index (κ2) is 8.38. The lowest BCUT2D eigenvalue weighted by atomic mass is 10.2. The summed E-state index contributed by atoms with van der Waals surface area (Å²) in [6, 6.07) is 9.43. The number of halogens is 3. The first-order valence-corrected chi connectivity index (χ1v) is 10.3. The van der Waals surface area contributed by atoms with Crippen molar-refractivity contribution in [3.8, 4) is 0 Å². The normalized spacial score (nSPS) is 15.9. The molecule has 0 spiro atoms. The van der Waals surface area contributed by atoms with Gasteiger partial charge in [-0.15, -0.1) is 0 Å². The smallest absolute Gasteiger partial charge is 0.246 e. The minimum absolute atomic E-state index is 0.0923. The van der Waals surface area contributed by atoms with E-state index in [9.17, 15) is 22.0 Å². The summed E-state index contributed by atoms with van der Waals surface area (Å²) in [7, 11) is -3.71. The minimum Gasteiger partial charge on any atom is -0.337 e. The van der Waals surface area contributed by atoms with Crippen LogP contribution in [0.25, 0.3) is 6.08 Å². The maximum atomic E-state index is 13.6. The van der Waals surface area contributed by atoms with Crippen molar-refractivity contribution in [2.45, 2.75) is 4.90 Å². The molecule has 0 unspecified atom stereocenters. The zero-order valence-electron chi connectivity index (χ0n) is 14.7. The number of carbonyl (C=O) groups excluding carboxylic acids is 1. The highest BCUT2D eigenvalue weighted by Crippen LogP contribution is 2.21. The molecule has 2 aromatic carbocycles. The zero-order valence-corrected chi connectivity index (χ0v) is 16.3. The van der Waals surface area contributed by atoms with Crippen molar-refractivity contribution in [2.24, 2.45) is 0 Å². The second-order valence-corrected chi connectivity index (χ2v) is 8.53. The van der Waals surface area contributed by atoms with Crippen LogP contribution in [0.4, 0.5) is 8.78 Å². The van der Waals surface area contributed by atoms with Crippen LogP contribution < -0.4 is 0 Å². The van der Waals surface area contributed by atoms with E-state index in [0.29, 0.717) is 5.02 Å². The Morgan fingerprint density at radius 1 is 1.00 bits per heavy atom. The number of hydrogen-bond donors (Lipinski definition) is 0. The number of piperazine rings is 1. The third-order valence-corrected chi connectivity index (χ3v) is 6.51. The van der Waals surface area contributed by atoms with Gasteiger partial charge in [-0.25, -0.2) is 17.2 Å². The molecule has 0 aromatic heterocycles. The fourth-order valence-electron chi connectivity index (χ4n) is 2.86. The zero-order chi connectivity index (χ0) is 20.3. The van der Waals surface area contributed by atoms with Crippen LogP contribution in [0, 0.1) is 11.6 Å². The molecule has 5 nitrogen and oxygen atoms in total. The lowest BCUT2D eigenvalue weighted by molar-refractivity contribution is -0.127. The van der Waals surface area contributed by atoms with Gasteiger partial charge in [0.05, 0.1) is 4.90 Å². The van der Waals surface area contributed by atoms with E-state index in [0.717, 1.165) is 24.3 Å². The first-order valence-electron chi connectivity index (χ1n) is 8.46. The third-order valence-electron chi connectivity index (χ3n) is 4.38. The molecule has 0 N–H and O–H groups in total. The predicted octanol–water partition coefficient (Wildman–Crippen LogP) is 3.16. The van der Waals surface area contributed by atoms with Crippen LogP contribution in [0.15, 0.2) is 53.4 Å². The van der Waals surface area contributed by atoms with Crippen molar-refractivity contribution in [1.29, 1.82) is 0 Å². The number of amides is 1. The molecular weight excluding hydrogens is 410 g/mol. The molecule has 28 heavy (non-hydrogen) atoms. The summed E-state index contributed by atoms with van der Waals surface area (Å²) in [5.74, 6) is -1.97. The first kappa shape index (κ1) is 20.4. The van der Waals surface area contributed by atoms with Crippen molar-refractivity contribution in [3.63, 3.8) is 0 Å². The van der Waals surface area contributed by atoms with E-state index in [1.807, 2.05) is 0 Å². The molecule has 0 aliphatic carbocycles. The summed E-state index contributed by atoms with van der Waals surface area (Å²) in [6.45, 7) is 0.566. The third kappa shape index (κ3) is 4.40. The van der Waals surface area contributed by atoms with Gasteiger partial charge in [0.15, 0.2) is 0 Å². The summed E-state index contributed by atoms with van der Waals surface area (Å²) >= 11 is 5.87. The van der Waals surface area contributed by atoms with Gasteiger partial charge in [-0.2, -0.15) is 4.31 Å². The van der Waals surface area contributed by atoms with Crippen LogP contribution >= 0.6 is 11.6 Å². The van der Waals surface area contributed by atoms with Gasteiger partial charge in [-0.1, -0.05) is 23.7 Å². The number of hydrogen-bond acceptors (Lipinski definition) is 3. The molecule has 0 saturated carbocycles. The van der Waals surface area contributed by atoms with E-state index in [1.165, 1.54) is 27.4 Å². The molecule has 0 radical (unpaired) electrons. The lowest BCUT2D eigenvalue weighted by Gasteiger charge is -2.33. The average molecular weight is 427 g/mol. The number of carbonyl (C=O) groups is 1. The Hall–Kier alpha value is -2.29. The molecule has 9 heteroatoms. The monoisotopic (exact) mass is 426 g/mol.